The topological polar surface area (TPSA) is 97.1 Å². The number of hydrogen-bond donors (Lipinski definition) is 2. The van der Waals surface area contributed by atoms with E-state index in [4.69, 9.17) is 16.1 Å². The third kappa shape index (κ3) is 5.15. The Morgan fingerprint density at radius 3 is 2.37 bits per heavy atom. The molecule has 0 aliphatic rings. The van der Waals surface area contributed by atoms with Gasteiger partial charge in [-0.2, -0.15) is 4.98 Å². The first-order chi connectivity index (χ1) is 13.0. The fraction of sp³-hybridized carbons (Fsp3) is 0.158. The Morgan fingerprint density at radius 1 is 1.04 bits per heavy atom. The maximum absolute atomic E-state index is 12.2. The first-order valence-corrected chi connectivity index (χ1v) is 8.59. The number of aryl methyl sites for hydroxylation is 1. The average Bonchev–Trinajstić information content (AvgIpc) is 3.12. The minimum Gasteiger partial charge on any atom is -0.350 e. The molecule has 0 fully saturated rings. The van der Waals surface area contributed by atoms with Crippen LogP contribution in [0.5, 0.6) is 0 Å². The smallest absolute Gasteiger partial charge is 0.251 e. The molecule has 3 rings (SSSR count). The van der Waals surface area contributed by atoms with Gasteiger partial charge in [0.1, 0.15) is 0 Å². The molecule has 138 valence electrons. The molecule has 8 heteroatoms. The SMILES string of the molecule is Cc1nc(-c2ccc(C(=O)NCC(=O)NCc3ccc(Cl)cc3)cc2)no1. The lowest BCUT2D eigenvalue weighted by Crippen LogP contribution is -2.36. The molecular formula is C19H17ClN4O3. The highest BCUT2D eigenvalue weighted by molar-refractivity contribution is 6.30. The van der Waals surface area contributed by atoms with Gasteiger partial charge in [0.05, 0.1) is 6.54 Å². The van der Waals surface area contributed by atoms with Gasteiger partial charge in [-0.15, -0.1) is 0 Å². The Bertz CT molecular complexity index is 936. The minimum atomic E-state index is -0.340. The number of carbonyl (C=O) groups excluding carboxylic acids is 2. The van der Waals surface area contributed by atoms with Gasteiger partial charge in [-0.3, -0.25) is 9.59 Å². The molecule has 2 aromatic carbocycles. The van der Waals surface area contributed by atoms with E-state index in [0.717, 1.165) is 11.1 Å². The lowest BCUT2D eigenvalue weighted by Gasteiger charge is -2.07. The van der Waals surface area contributed by atoms with Gasteiger partial charge in [0.15, 0.2) is 0 Å². The van der Waals surface area contributed by atoms with E-state index in [1.165, 1.54) is 0 Å². The normalized spacial score (nSPS) is 10.4. The molecule has 0 aliphatic heterocycles. The van der Waals surface area contributed by atoms with Crippen LogP contribution in [0.1, 0.15) is 21.8 Å². The van der Waals surface area contributed by atoms with E-state index in [2.05, 4.69) is 20.8 Å². The van der Waals surface area contributed by atoms with Crippen LogP contribution in [0.3, 0.4) is 0 Å². The predicted octanol–water partition coefficient (Wildman–Crippen LogP) is 2.74. The lowest BCUT2D eigenvalue weighted by atomic mass is 10.1. The van der Waals surface area contributed by atoms with E-state index >= 15 is 0 Å². The molecule has 0 radical (unpaired) electrons. The Kier molecular flexibility index (Phi) is 5.83. The maximum Gasteiger partial charge on any atom is 0.251 e. The quantitative estimate of drug-likeness (QED) is 0.681. The summed E-state index contributed by atoms with van der Waals surface area (Å²) < 4.78 is 4.93. The van der Waals surface area contributed by atoms with Crippen LogP contribution in [0.15, 0.2) is 53.1 Å². The Balaban J connectivity index is 1.48. The van der Waals surface area contributed by atoms with Crippen LogP contribution in [0.4, 0.5) is 0 Å². The van der Waals surface area contributed by atoms with Gasteiger partial charge in [-0.25, -0.2) is 0 Å². The molecule has 3 aromatic rings. The molecule has 7 nitrogen and oxygen atoms in total. The standard InChI is InChI=1S/C19H17ClN4O3/c1-12-23-18(24-27-12)14-4-6-15(7-5-14)19(26)22-11-17(25)21-10-13-2-8-16(20)9-3-13/h2-9H,10-11H2,1H3,(H,21,25)(H,22,26). The third-order valence-electron chi connectivity index (χ3n) is 3.75. The van der Waals surface area contributed by atoms with Crippen LogP contribution in [0.2, 0.25) is 5.02 Å². The van der Waals surface area contributed by atoms with Crippen molar-refractivity contribution >= 4 is 23.4 Å². The summed E-state index contributed by atoms with van der Waals surface area (Å²) in [5.41, 5.74) is 2.10. The summed E-state index contributed by atoms with van der Waals surface area (Å²) in [5.74, 6) is 0.308. The molecule has 0 saturated heterocycles. The zero-order valence-corrected chi connectivity index (χ0v) is 15.3. The fourth-order valence-electron chi connectivity index (χ4n) is 2.32. The van der Waals surface area contributed by atoms with Crippen molar-refractivity contribution in [3.05, 3.63) is 70.6 Å². The number of hydrogen-bond acceptors (Lipinski definition) is 5. The number of nitrogens with one attached hydrogen (secondary N) is 2. The highest BCUT2D eigenvalue weighted by atomic mass is 35.5. The maximum atomic E-state index is 12.2. The zero-order valence-electron chi connectivity index (χ0n) is 14.5. The summed E-state index contributed by atoms with van der Waals surface area (Å²) in [4.78, 5) is 28.2. The Labute approximate surface area is 160 Å². The van der Waals surface area contributed by atoms with Crippen LogP contribution >= 0.6 is 11.6 Å². The summed E-state index contributed by atoms with van der Waals surface area (Å²) in [6.07, 6.45) is 0. The average molecular weight is 385 g/mol. The van der Waals surface area contributed by atoms with Crippen LogP contribution < -0.4 is 10.6 Å². The molecule has 0 bridgehead atoms. The van der Waals surface area contributed by atoms with Crippen molar-refractivity contribution in [3.8, 4) is 11.4 Å². The molecule has 0 atom stereocenters. The van der Waals surface area contributed by atoms with Gasteiger partial charge >= 0.3 is 0 Å². The fourth-order valence-corrected chi connectivity index (χ4v) is 2.44. The van der Waals surface area contributed by atoms with Gasteiger partial charge in [-0.05, 0) is 29.8 Å². The summed E-state index contributed by atoms with van der Waals surface area (Å²) in [7, 11) is 0. The van der Waals surface area contributed by atoms with Gasteiger partial charge in [-0.1, -0.05) is 41.0 Å². The van der Waals surface area contributed by atoms with E-state index in [1.807, 2.05) is 12.1 Å². The molecule has 0 aliphatic carbocycles. The van der Waals surface area contributed by atoms with Crippen molar-refractivity contribution in [2.75, 3.05) is 6.54 Å². The Hall–Kier alpha value is -3.19. The van der Waals surface area contributed by atoms with E-state index in [9.17, 15) is 9.59 Å². The minimum absolute atomic E-state index is 0.113. The summed E-state index contributed by atoms with van der Waals surface area (Å²) in [6.45, 7) is 1.96. The second-order valence-corrected chi connectivity index (χ2v) is 6.24. The van der Waals surface area contributed by atoms with Crippen molar-refractivity contribution in [3.63, 3.8) is 0 Å². The van der Waals surface area contributed by atoms with Gasteiger partial charge in [0, 0.05) is 29.6 Å². The third-order valence-corrected chi connectivity index (χ3v) is 4.00. The summed E-state index contributed by atoms with van der Waals surface area (Å²) in [5, 5.41) is 9.78. The number of amides is 2. The highest BCUT2D eigenvalue weighted by Gasteiger charge is 2.10. The van der Waals surface area contributed by atoms with Gasteiger partial charge < -0.3 is 15.2 Å². The monoisotopic (exact) mass is 384 g/mol. The first-order valence-electron chi connectivity index (χ1n) is 8.21. The number of benzene rings is 2. The molecular weight excluding hydrogens is 368 g/mol. The van der Waals surface area contributed by atoms with Crippen molar-refractivity contribution < 1.29 is 14.1 Å². The molecule has 0 spiro atoms. The van der Waals surface area contributed by atoms with E-state index in [-0.39, 0.29) is 18.4 Å². The molecule has 2 amide bonds. The second-order valence-electron chi connectivity index (χ2n) is 5.80. The number of carbonyl (C=O) groups is 2. The van der Waals surface area contributed by atoms with Crippen molar-refractivity contribution in [2.24, 2.45) is 0 Å². The largest absolute Gasteiger partial charge is 0.350 e. The van der Waals surface area contributed by atoms with Crippen molar-refractivity contribution in [1.82, 2.24) is 20.8 Å². The van der Waals surface area contributed by atoms with Crippen LogP contribution in [0.25, 0.3) is 11.4 Å². The number of nitrogens with zero attached hydrogens (tertiary/aromatic N) is 2. The van der Waals surface area contributed by atoms with Gasteiger partial charge in [0.2, 0.25) is 17.6 Å². The summed E-state index contributed by atoms with van der Waals surface area (Å²) in [6, 6.07) is 13.9. The van der Waals surface area contributed by atoms with Crippen LogP contribution in [-0.2, 0) is 11.3 Å². The van der Waals surface area contributed by atoms with E-state index < -0.39 is 0 Å². The molecule has 2 N–H and O–H groups in total. The van der Waals surface area contributed by atoms with E-state index in [1.54, 1.807) is 43.3 Å². The number of aromatic nitrogens is 2. The molecule has 1 heterocycles. The second kappa shape index (κ2) is 8.46. The number of halogens is 1. The predicted molar refractivity (Wildman–Crippen MR) is 100 cm³/mol. The Morgan fingerprint density at radius 2 is 1.74 bits per heavy atom. The molecule has 0 saturated carbocycles. The van der Waals surface area contributed by atoms with Gasteiger partial charge in [0.25, 0.3) is 5.91 Å². The van der Waals surface area contributed by atoms with Crippen molar-refractivity contribution in [2.45, 2.75) is 13.5 Å². The van der Waals surface area contributed by atoms with Crippen molar-refractivity contribution in [1.29, 1.82) is 0 Å². The lowest BCUT2D eigenvalue weighted by molar-refractivity contribution is -0.120. The summed E-state index contributed by atoms with van der Waals surface area (Å²) >= 11 is 5.82. The molecule has 27 heavy (non-hydrogen) atoms. The van der Waals surface area contributed by atoms with Crippen LogP contribution in [-0.4, -0.2) is 28.5 Å². The zero-order chi connectivity index (χ0) is 19.2. The van der Waals surface area contributed by atoms with Crippen LogP contribution in [0, 0.1) is 6.92 Å². The van der Waals surface area contributed by atoms with E-state index in [0.29, 0.717) is 28.8 Å². The molecule has 1 aromatic heterocycles. The molecule has 0 unspecified atom stereocenters. The highest BCUT2D eigenvalue weighted by Crippen LogP contribution is 2.16. The number of rotatable bonds is 6. The first kappa shape index (κ1) is 18.6.